The third kappa shape index (κ3) is 3.69. The second-order valence-electron chi connectivity index (χ2n) is 4.90. The van der Waals surface area contributed by atoms with E-state index in [4.69, 9.17) is 0 Å². The number of nitrogens with zero attached hydrogens (tertiary/aromatic N) is 1. The molecule has 1 amide bonds. The Hall–Kier alpha value is -1.64. The third-order valence-electron chi connectivity index (χ3n) is 3.39. The summed E-state index contributed by atoms with van der Waals surface area (Å²) in [6.45, 7) is 1.50. The highest BCUT2D eigenvalue weighted by Crippen LogP contribution is 2.25. The van der Waals surface area contributed by atoms with Crippen LogP contribution in [0.5, 0.6) is 0 Å². The fourth-order valence-electron chi connectivity index (χ4n) is 2.48. The summed E-state index contributed by atoms with van der Waals surface area (Å²) in [6.07, 6.45) is 5.66. The minimum atomic E-state index is -0.0912. The fourth-order valence-corrected chi connectivity index (χ4v) is 2.48. The van der Waals surface area contributed by atoms with E-state index in [9.17, 15) is 4.79 Å². The van der Waals surface area contributed by atoms with Gasteiger partial charge in [-0.25, -0.2) is 5.43 Å². The van der Waals surface area contributed by atoms with Crippen LogP contribution in [0.1, 0.15) is 38.2 Å². The van der Waals surface area contributed by atoms with Crippen LogP contribution in [-0.2, 0) is 11.2 Å². The highest BCUT2D eigenvalue weighted by molar-refractivity contribution is 5.88. The smallest absolute Gasteiger partial charge is 0.236 e. The largest absolute Gasteiger partial charge is 0.274 e. The van der Waals surface area contributed by atoms with E-state index in [0.29, 0.717) is 5.92 Å². The van der Waals surface area contributed by atoms with Gasteiger partial charge in [-0.05, 0) is 31.2 Å². The van der Waals surface area contributed by atoms with Crippen molar-refractivity contribution in [2.45, 2.75) is 39.0 Å². The Bertz CT molecular complexity index is 425. The Kier molecular flexibility index (Phi) is 4.51. The molecule has 1 aromatic carbocycles. The number of benzene rings is 1. The minimum Gasteiger partial charge on any atom is -0.274 e. The number of amides is 1. The second kappa shape index (κ2) is 6.34. The first-order valence-corrected chi connectivity index (χ1v) is 6.62. The summed E-state index contributed by atoms with van der Waals surface area (Å²) in [7, 11) is 0. The van der Waals surface area contributed by atoms with Crippen molar-refractivity contribution in [1.82, 2.24) is 5.43 Å². The van der Waals surface area contributed by atoms with Crippen LogP contribution < -0.4 is 5.43 Å². The lowest BCUT2D eigenvalue weighted by molar-refractivity contribution is -0.118. The number of hydrogen-bond donors (Lipinski definition) is 1. The minimum absolute atomic E-state index is 0.0912. The SMILES string of the molecule is CC(=O)N/N=C1/CCCC[C@H]1Cc1ccccc1. The normalized spacial score (nSPS) is 21.8. The van der Waals surface area contributed by atoms with Crippen molar-refractivity contribution in [3.05, 3.63) is 35.9 Å². The van der Waals surface area contributed by atoms with Gasteiger partial charge < -0.3 is 0 Å². The summed E-state index contributed by atoms with van der Waals surface area (Å²) in [6, 6.07) is 10.5. The van der Waals surface area contributed by atoms with E-state index in [2.05, 4.69) is 34.8 Å². The molecule has 3 heteroatoms. The summed E-state index contributed by atoms with van der Waals surface area (Å²) >= 11 is 0. The van der Waals surface area contributed by atoms with E-state index >= 15 is 0 Å². The number of carbonyl (C=O) groups excluding carboxylic acids is 1. The highest BCUT2D eigenvalue weighted by Gasteiger charge is 2.20. The summed E-state index contributed by atoms with van der Waals surface area (Å²) < 4.78 is 0. The van der Waals surface area contributed by atoms with E-state index in [1.807, 2.05) is 6.07 Å². The predicted molar refractivity (Wildman–Crippen MR) is 73.4 cm³/mol. The molecule has 18 heavy (non-hydrogen) atoms. The third-order valence-corrected chi connectivity index (χ3v) is 3.39. The zero-order chi connectivity index (χ0) is 12.8. The van der Waals surface area contributed by atoms with Crippen molar-refractivity contribution in [3.8, 4) is 0 Å². The maximum absolute atomic E-state index is 10.9. The van der Waals surface area contributed by atoms with Crippen LogP contribution in [0.3, 0.4) is 0 Å². The van der Waals surface area contributed by atoms with Crippen molar-refractivity contribution < 1.29 is 4.79 Å². The maximum atomic E-state index is 10.9. The molecule has 1 fully saturated rings. The Morgan fingerprint density at radius 3 is 2.83 bits per heavy atom. The van der Waals surface area contributed by atoms with Gasteiger partial charge in [-0.3, -0.25) is 4.79 Å². The number of nitrogens with one attached hydrogen (secondary N) is 1. The van der Waals surface area contributed by atoms with Gasteiger partial charge in [0.2, 0.25) is 5.91 Å². The zero-order valence-corrected chi connectivity index (χ0v) is 10.9. The molecular formula is C15H20N2O. The van der Waals surface area contributed by atoms with Crippen molar-refractivity contribution in [2.24, 2.45) is 11.0 Å². The Morgan fingerprint density at radius 1 is 1.33 bits per heavy atom. The van der Waals surface area contributed by atoms with Crippen LogP contribution >= 0.6 is 0 Å². The molecule has 1 N–H and O–H groups in total. The van der Waals surface area contributed by atoms with Crippen LogP contribution in [0.4, 0.5) is 0 Å². The molecule has 2 rings (SSSR count). The summed E-state index contributed by atoms with van der Waals surface area (Å²) in [5.41, 5.74) is 5.08. The average molecular weight is 244 g/mol. The van der Waals surface area contributed by atoms with Crippen LogP contribution in [0, 0.1) is 5.92 Å². The molecule has 0 unspecified atom stereocenters. The van der Waals surface area contributed by atoms with Gasteiger partial charge in [0.1, 0.15) is 0 Å². The molecule has 1 atom stereocenters. The van der Waals surface area contributed by atoms with Gasteiger partial charge in [-0.1, -0.05) is 36.8 Å². The molecule has 96 valence electrons. The monoisotopic (exact) mass is 244 g/mol. The van der Waals surface area contributed by atoms with Gasteiger partial charge in [0.05, 0.1) is 0 Å². The van der Waals surface area contributed by atoms with Crippen molar-refractivity contribution >= 4 is 11.6 Å². The van der Waals surface area contributed by atoms with Crippen LogP contribution in [-0.4, -0.2) is 11.6 Å². The summed E-state index contributed by atoms with van der Waals surface area (Å²) in [5, 5.41) is 4.28. The van der Waals surface area contributed by atoms with E-state index in [1.54, 1.807) is 0 Å². The first kappa shape index (κ1) is 12.8. The van der Waals surface area contributed by atoms with Crippen LogP contribution in [0.15, 0.2) is 35.4 Å². The van der Waals surface area contributed by atoms with E-state index in [-0.39, 0.29) is 5.91 Å². The Morgan fingerprint density at radius 2 is 2.11 bits per heavy atom. The molecule has 0 heterocycles. The first-order chi connectivity index (χ1) is 8.75. The topological polar surface area (TPSA) is 41.5 Å². The molecule has 1 saturated carbocycles. The molecule has 1 aliphatic rings. The van der Waals surface area contributed by atoms with Gasteiger partial charge in [0, 0.05) is 18.6 Å². The lowest BCUT2D eigenvalue weighted by Gasteiger charge is -2.24. The number of rotatable bonds is 3. The average Bonchev–Trinajstić information content (AvgIpc) is 2.39. The molecule has 0 spiro atoms. The first-order valence-electron chi connectivity index (χ1n) is 6.62. The van der Waals surface area contributed by atoms with Crippen molar-refractivity contribution in [3.63, 3.8) is 0 Å². The summed E-state index contributed by atoms with van der Waals surface area (Å²) in [4.78, 5) is 10.9. The highest BCUT2D eigenvalue weighted by atomic mass is 16.2. The molecule has 3 nitrogen and oxygen atoms in total. The number of hydrazone groups is 1. The van der Waals surface area contributed by atoms with Crippen molar-refractivity contribution in [1.29, 1.82) is 0 Å². The maximum Gasteiger partial charge on any atom is 0.236 e. The molecule has 1 aromatic rings. The Balaban J connectivity index is 2.04. The molecule has 0 aliphatic heterocycles. The fraction of sp³-hybridized carbons (Fsp3) is 0.467. The van der Waals surface area contributed by atoms with Crippen molar-refractivity contribution in [2.75, 3.05) is 0 Å². The predicted octanol–water partition coefficient (Wildman–Crippen LogP) is 2.91. The van der Waals surface area contributed by atoms with Gasteiger partial charge >= 0.3 is 0 Å². The second-order valence-corrected chi connectivity index (χ2v) is 4.90. The van der Waals surface area contributed by atoms with Gasteiger partial charge in [0.25, 0.3) is 0 Å². The van der Waals surface area contributed by atoms with E-state index in [0.717, 1.165) is 18.6 Å². The lowest BCUT2D eigenvalue weighted by atomic mass is 9.83. The molecular weight excluding hydrogens is 224 g/mol. The number of carbonyl (C=O) groups is 1. The van der Waals surface area contributed by atoms with E-state index < -0.39 is 0 Å². The van der Waals surface area contributed by atoms with Crippen LogP contribution in [0.2, 0.25) is 0 Å². The standard InChI is InChI=1S/C15H20N2O/c1-12(18)16-17-15-10-6-5-9-14(15)11-13-7-3-2-4-8-13/h2-4,7-8,14H,5-6,9-11H2,1H3,(H,16,18)/b17-15-/t14-/m0/s1. The van der Waals surface area contributed by atoms with E-state index in [1.165, 1.54) is 31.7 Å². The quantitative estimate of drug-likeness (QED) is 0.816. The summed E-state index contributed by atoms with van der Waals surface area (Å²) in [5.74, 6) is 0.388. The molecule has 1 aliphatic carbocycles. The molecule has 0 bridgehead atoms. The van der Waals surface area contributed by atoms with Gasteiger partial charge in [0.15, 0.2) is 0 Å². The van der Waals surface area contributed by atoms with Gasteiger partial charge in [-0.2, -0.15) is 5.10 Å². The molecule has 0 aromatic heterocycles. The Labute approximate surface area is 108 Å². The van der Waals surface area contributed by atoms with Crippen LogP contribution in [0.25, 0.3) is 0 Å². The number of hydrogen-bond acceptors (Lipinski definition) is 2. The molecule has 0 radical (unpaired) electrons. The molecule has 0 saturated heterocycles. The van der Waals surface area contributed by atoms with Gasteiger partial charge in [-0.15, -0.1) is 0 Å². The lowest BCUT2D eigenvalue weighted by Crippen LogP contribution is -2.25. The zero-order valence-electron chi connectivity index (χ0n) is 10.9.